The van der Waals surface area contributed by atoms with Crippen molar-refractivity contribution in [3.63, 3.8) is 0 Å². The third kappa shape index (κ3) is 9.37. The Morgan fingerprint density at radius 1 is 0.736 bits per heavy atom. The normalized spacial score (nSPS) is 12.3. The number of hydrogen-bond acceptors (Lipinski definition) is 8. The number of carbonyl (C=O) groups excluding carboxylic acids is 6. The summed E-state index contributed by atoms with van der Waals surface area (Å²) < 4.78 is 10.5. The van der Waals surface area contributed by atoms with Crippen molar-refractivity contribution in [3.05, 3.63) is 95.2 Å². The standard InChI is InChI=1S/C38H44N8O7/c1-43(2)17-10-16-39-36(50)28-14-15-33(46(28)5)42-38(52)30-20-25(23-45(30)4)41-37(51)29-19-24(22-44(29)3)40-34(48)13-8-9-18-53-32-21-31(47)35(49)27-12-7-6-11-26(27)32/h6-7,11-12,14-15,19-23H,8-10,13,16-18H2,1-5H3,(H,39,50)(H,40,48)(H,41,51)(H,42,52). The summed E-state index contributed by atoms with van der Waals surface area (Å²) in [6.45, 7) is 1.65. The van der Waals surface area contributed by atoms with Gasteiger partial charge in [0.2, 0.25) is 17.5 Å². The molecule has 0 unspecified atom stereocenters. The van der Waals surface area contributed by atoms with Crippen molar-refractivity contribution in [3.8, 4) is 0 Å². The highest BCUT2D eigenvalue weighted by Crippen LogP contribution is 2.26. The Bertz CT molecular complexity index is 2080. The number of fused-ring (bicyclic) bond motifs is 1. The minimum absolute atomic E-state index is 0.204. The van der Waals surface area contributed by atoms with Gasteiger partial charge in [0.1, 0.15) is 28.7 Å². The second-order valence-corrected chi connectivity index (χ2v) is 13.0. The summed E-state index contributed by atoms with van der Waals surface area (Å²) in [7, 11) is 9.00. The summed E-state index contributed by atoms with van der Waals surface area (Å²) in [6, 6.07) is 13.2. The monoisotopic (exact) mass is 724 g/mol. The van der Waals surface area contributed by atoms with Crippen molar-refractivity contribution in [1.29, 1.82) is 0 Å². The van der Waals surface area contributed by atoms with Gasteiger partial charge < -0.3 is 44.6 Å². The molecule has 15 nitrogen and oxygen atoms in total. The molecule has 0 atom stereocenters. The molecule has 4 N–H and O–H groups in total. The van der Waals surface area contributed by atoms with E-state index in [1.54, 1.807) is 95.8 Å². The summed E-state index contributed by atoms with van der Waals surface area (Å²) in [5, 5.41) is 11.3. The molecule has 0 bridgehead atoms. The van der Waals surface area contributed by atoms with Crippen LogP contribution in [-0.2, 0) is 35.5 Å². The van der Waals surface area contributed by atoms with Crippen molar-refractivity contribution in [2.45, 2.75) is 25.7 Å². The number of carbonyl (C=O) groups is 6. The fourth-order valence-electron chi connectivity index (χ4n) is 5.85. The summed E-state index contributed by atoms with van der Waals surface area (Å²) in [5.74, 6) is -1.75. The van der Waals surface area contributed by atoms with Gasteiger partial charge in [-0.1, -0.05) is 24.3 Å². The van der Waals surface area contributed by atoms with E-state index in [1.807, 2.05) is 19.0 Å². The lowest BCUT2D eigenvalue weighted by Gasteiger charge is -2.16. The van der Waals surface area contributed by atoms with E-state index in [-0.39, 0.29) is 36.2 Å². The molecule has 0 aliphatic heterocycles. The van der Waals surface area contributed by atoms with Crippen molar-refractivity contribution < 1.29 is 33.5 Å². The zero-order valence-electron chi connectivity index (χ0n) is 30.4. The van der Waals surface area contributed by atoms with E-state index in [0.29, 0.717) is 59.2 Å². The van der Waals surface area contributed by atoms with Crippen LogP contribution in [0.3, 0.4) is 0 Å². The number of nitrogens with zero attached hydrogens (tertiary/aromatic N) is 4. The molecule has 53 heavy (non-hydrogen) atoms. The molecule has 5 rings (SSSR count). The van der Waals surface area contributed by atoms with E-state index in [4.69, 9.17) is 4.74 Å². The number of rotatable bonds is 16. The lowest BCUT2D eigenvalue weighted by atomic mass is 9.94. The highest BCUT2D eigenvalue weighted by Gasteiger charge is 2.26. The minimum Gasteiger partial charge on any atom is -0.493 e. The summed E-state index contributed by atoms with van der Waals surface area (Å²) >= 11 is 0. The van der Waals surface area contributed by atoms with Gasteiger partial charge in [0.25, 0.3) is 17.7 Å². The van der Waals surface area contributed by atoms with E-state index >= 15 is 0 Å². The Morgan fingerprint density at radius 3 is 2.06 bits per heavy atom. The van der Waals surface area contributed by atoms with Gasteiger partial charge in [-0.25, -0.2) is 0 Å². The smallest absolute Gasteiger partial charge is 0.273 e. The zero-order valence-corrected chi connectivity index (χ0v) is 30.4. The van der Waals surface area contributed by atoms with Crippen LogP contribution in [0.4, 0.5) is 17.2 Å². The molecule has 1 aromatic carbocycles. The molecule has 4 aromatic rings. The molecule has 15 heteroatoms. The Kier molecular flexibility index (Phi) is 12.1. The molecule has 3 heterocycles. The number of aryl methyl sites for hydroxylation is 2. The number of unbranched alkanes of at least 4 members (excludes halogenated alkanes) is 1. The number of Topliss-reactive ketones (excluding diaryl/α,β-unsaturated/α-hetero) is 1. The molecule has 0 spiro atoms. The Balaban J connectivity index is 1.08. The SMILES string of the molecule is CN(C)CCCNC(=O)c1ccc(NC(=O)c2cc(NC(=O)c3cc(NC(=O)CCCCOC4=CC(=O)C(=O)c5ccccc54)cn3C)cn2C)n1C. The first-order chi connectivity index (χ1) is 25.3. The zero-order chi connectivity index (χ0) is 38.2. The number of ketones is 2. The maximum Gasteiger partial charge on any atom is 0.273 e. The number of benzene rings is 1. The molecule has 1 aliphatic carbocycles. The molecule has 0 saturated heterocycles. The van der Waals surface area contributed by atoms with Crippen LogP contribution in [0.1, 0.15) is 73.1 Å². The molecule has 0 fully saturated rings. The predicted octanol–water partition coefficient (Wildman–Crippen LogP) is 3.82. The van der Waals surface area contributed by atoms with Crippen molar-refractivity contribution in [2.75, 3.05) is 49.7 Å². The average molecular weight is 725 g/mol. The first kappa shape index (κ1) is 38.0. The van der Waals surface area contributed by atoms with Crippen molar-refractivity contribution >= 4 is 58.1 Å². The van der Waals surface area contributed by atoms with Crippen LogP contribution in [0.5, 0.6) is 0 Å². The lowest BCUT2D eigenvalue weighted by molar-refractivity contribution is -0.116. The van der Waals surface area contributed by atoms with Crippen LogP contribution in [0.15, 0.2) is 67.0 Å². The second kappa shape index (κ2) is 16.9. The number of allylic oxidation sites excluding steroid dienone is 1. The molecule has 0 radical (unpaired) electrons. The van der Waals surface area contributed by atoms with Crippen LogP contribution in [0.25, 0.3) is 5.76 Å². The number of nitrogens with one attached hydrogen (secondary N) is 4. The first-order valence-corrected chi connectivity index (χ1v) is 17.2. The van der Waals surface area contributed by atoms with Gasteiger partial charge in [0.05, 0.1) is 18.0 Å². The third-order valence-corrected chi connectivity index (χ3v) is 8.66. The van der Waals surface area contributed by atoms with Crippen LogP contribution in [-0.4, -0.2) is 87.6 Å². The third-order valence-electron chi connectivity index (χ3n) is 8.66. The molecular formula is C38H44N8O7. The molecule has 0 saturated carbocycles. The second-order valence-electron chi connectivity index (χ2n) is 13.0. The number of ether oxygens (including phenoxy) is 1. The Morgan fingerprint density at radius 2 is 1.38 bits per heavy atom. The Labute approximate surface area is 307 Å². The van der Waals surface area contributed by atoms with Crippen molar-refractivity contribution in [2.24, 2.45) is 21.1 Å². The maximum absolute atomic E-state index is 13.2. The van der Waals surface area contributed by atoms with E-state index in [1.165, 1.54) is 6.08 Å². The summed E-state index contributed by atoms with van der Waals surface area (Å²) in [5.41, 5.74) is 2.71. The van der Waals surface area contributed by atoms with Crippen LogP contribution < -0.4 is 21.3 Å². The molecule has 3 aromatic heterocycles. The van der Waals surface area contributed by atoms with E-state index in [0.717, 1.165) is 13.0 Å². The van der Waals surface area contributed by atoms with Gasteiger partial charge in [-0.15, -0.1) is 0 Å². The van der Waals surface area contributed by atoms with Gasteiger partial charge in [0, 0.05) is 63.7 Å². The summed E-state index contributed by atoms with van der Waals surface area (Å²) in [6.07, 6.45) is 6.51. The number of anilines is 3. The molecule has 1 aliphatic rings. The predicted molar refractivity (Wildman–Crippen MR) is 200 cm³/mol. The number of amides is 4. The average Bonchev–Trinajstić information content (AvgIpc) is 3.79. The van der Waals surface area contributed by atoms with E-state index in [9.17, 15) is 28.8 Å². The highest BCUT2D eigenvalue weighted by atomic mass is 16.5. The van der Waals surface area contributed by atoms with Gasteiger partial charge in [-0.05, 0) is 64.2 Å². The van der Waals surface area contributed by atoms with Gasteiger partial charge in [-0.2, -0.15) is 0 Å². The van der Waals surface area contributed by atoms with E-state index < -0.39 is 23.4 Å². The number of aromatic nitrogens is 3. The fraction of sp³-hybridized carbons (Fsp3) is 0.316. The minimum atomic E-state index is -0.627. The van der Waals surface area contributed by atoms with Gasteiger partial charge >= 0.3 is 0 Å². The molecule has 4 amide bonds. The Hall–Kier alpha value is -6.22. The van der Waals surface area contributed by atoms with Crippen LogP contribution in [0.2, 0.25) is 0 Å². The first-order valence-electron chi connectivity index (χ1n) is 17.2. The lowest BCUT2D eigenvalue weighted by Crippen LogP contribution is -2.28. The quantitative estimate of drug-likeness (QED) is 0.0996. The number of hydrogen-bond donors (Lipinski definition) is 4. The summed E-state index contributed by atoms with van der Waals surface area (Å²) in [4.78, 5) is 77.8. The van der Waals surface area contributed by atoms with Gasteiger partial charge in [0.15, 0.2) is 0 Å². The largest absolute Gasteiger partial charge is 0.493 e. The van der Waals surface area contributed by atoms with Crippen LogP contribution >= 0.6 is 0 Å². The molecular weight excluding hydrogens is 680 g/mol. The van der Waals surface area contributed by atoms with Crippen LogP contribution in [0, 0.1) is 0 Å². The van der Waals surface area contributed by atoms with Gasteiger partial charge in [-0.3, -0.25) is 28.8 Å². The topological polar surface area (TPSA) is 178 Å². The molecule has 278 valence electrons. The fourth-order valence-corrected chi connectivity index (χ4v) is 5.85. The maximum atomic E-state index is 13.2. The van der Waals surface area contributed by atoms with E-state index in [2.05, 4.69) is 21.3 Å². The van der Waals surface area contributed by atoms with Crippen molar-refractivity contribution in [1.82, 2.24) is 23.9 Å². The highest BCUT2D eigenvalue weighted by molar-refractivity contribution is 6.50.